The van der Waals surface area contributed by atoms with Crippen molar-refractivity contribution in [1.82, 2.24) is 25.8 Å². The summed E-state index contributed by atoms with van der Waals surface area (Å²) in [6.07, 6.45) is 1.81. The highest BCUT2D eigenvalue weighted by molar-refractivity contribution is 5.78. The van der Waals surface area contributed by atoms with Gasteiger partial charge < -0.3 is 5.43 Å². The summed E-state index contributed by atoms with van der Waals surface area (Å²) in [7, 11) is 0. The van der Waals surface area contributed by atoms with Gasteiger partial charge in [-0.1, -0.05) is 29.5 Å². The fourth-order valence-corrected chi connectivity index (χ4v) is 2.33. The average molecular weight is 352 g/mol. The van der Waals surface area contributed by atoms with Crippen LogP contribution in [-0.4, -0.2) is 25.8 Å². The first-order valence-corrected chi connectivity index (χ1v) is 7.79. The number of allylic oxidation sites excluding steroid dienone is 1. The predicted octanol–water partition coefficient (Wildman–Crippen LogP) is 2.02. The maximum atomic E-state index is 12.0. The second-order valence-corrected chi connectivity index (χ2v) is 5.61. The molecular weight excluding hydrogens is 336 g/mol. The third-order valence-electron chi connectivity index (χ3n) is 3.60. The molecule has 0 saturated carbocycles. The molecule has 2 aromatic carbocycles. The number of carbonyl (C=O) groups is 1. The topological polar surface area (TPSA) is 115 Å². The van der Waals surface area contributed by atoms with Crippen LogP contribution in [-0.2, 0) is 11.2 Å². The second kappa shape index (κ2) is 7.43. The summed E-state index contributed by atoms with van der Waals surface area (Å²) in [6, 6.07) is 13.4. The number of nitrogens with zero attached hydrogens (tertiary/aromatic N) is 4. The molecular formula is C17H16N6O3. The van der Waals surface area contributed by atoms with Crippen LogP contribution in [0.5, 0.6) is 0 Å². The molecule has 132 valence electrons. The van der Waals surface area contributed by atoms with E-state index in [1.807, 2.05) is 24.3 Å². The summed E-state index contributed by atoms with van der Waals surface area (Å²) in [4.78, 5) is 22.1. The number of rotatable bonds is 6. The molecule has 1 aromatic heterocycles. The van der Waals surface area contributed by atoms with Crippen LogP contribution in [0.3, 0.4) is 0 Å². The van der Waals surface area contributed by atoms with Crippen LogP contribution < -0.4 is 10.9 Å². The normalized spacial score (nSPS) is 11.3. The first-order chi connectivity index (χ1) is 12.5. The van der Waals surface area contributed by atoms with E-state index < -0.39 is 4.92 Å². The Hall–Kier alpha value is -3.75. The van der Waals surface area contributed by atoms with Crippen LogP contribution in [0.2, 0.25) is 0 Å². The molecule has 26 heavy (non-hydrogen) atoms. The molecule has 9 nitrogen and oxygen atoms in total. The first-order valence-electron chi connectivity index (χ1n) is 7.79. The van der Waals surface area contributed by atoms with Gasteiger partial charge in [0.15, 0.2) is 0 Å². The standard InChI is InChI=1S/C17H16N6O3/c1-12(11-22-16-5-3-2-4-15(16)19-21-22)18-20-17(24)10-13-6-8-14(9-7-13)23(25)26/h2-9,11,18H,10H2,1H3,(H,20,24)/b12-11-. The highest BCUT2D eigenvalue weighted by Crippen LogP contribution is 2.12. The van der Waals surface area contributed by atoms with Gasteiger partial charge in [-0.15, -0.1) is 5.10 Å². The van der Waals surface area contributed by atoms with Crippen LogP contribution in [0.25, 0.3) is 17.2 Å². The number of nitro groups is 1. The maximum Gasteiger partial charge on any atom is 0.269 e. The van der Waals surface area contributed by atoms with Crippen LogP contribution in [0.1, 0.15) is 12.5 Å². The number of non-ortho nitro benzene ring substituents is 1. The van der Waals surface area contributed by atoms with Crippen molar-refractivity contribution in [3.8, 4) is 0 Å². The quantitative estimate of drug-likeness (QED) is 0.518. The number of para-hydroxylation sites is 1. The van der Waals surface area contributed by atoms with Gasteiger partial charge in [-0.3, -0.25) is 20.3 Å². The molecule has 0 radical (unpaired) electrons. The van der Waals surface area contributed by atoms with Gasteiger partial charge in [-0.25, -0.2) is 4.68 Å². The first kappa shape index (κ1) is 17.1. The molecule has 1 amide bonds. The Bertz CT molecular complexity index is 978. The summed E-state index contributed by atoms with van der Waals surface area (Å²) in [6.45, 7) is 1.78. The van der Waals surface area contributed by atoms with Gasteiger partial charge >= 0.3 is 0 Å². The van der Waals surface area contributed by atoms with E-state index >= 15 is 0 Å². The number of nitrogens with one attached hydrogen (secondary N) is 2. The molecule has 9 heteroatoms. The van der Waals surface area contributed by atoms with Crippen LogP contribution in [0, 0.1) is 10.1 Å². The maximum absolute atomic E-state index is 12.0. The largest absolute Gasteiger partial charge is 0.301 e. The fourth-order valence-electron chi connectivity index (χ4n) is 2.33. The zero-order chi connectivity index (χ0) is 18.5. The second-order valence-electron chi connectivity index (χ2n) is 5.61. The molecule has 0 aliphatic carbocycles. The molecule has 0 spiro atoms. The highest BCUT2D eigenvalue weighted by Gasteiger charge is 2.07. The molecule has 0 aliphatic heterocycles. The minimum absolute atomic E-state index is 0.00822. The Balaban J connectivity index is 1.57. The zero-order valence-electron chi connectivity index (χ0n) is 13.9. The van der Waals surface area contributed by atoms with E-state index in [2.05, 4.69) is 21.2 Å². The molecule has 0 unspecified atom stereocenters. The minimum Gasteiger partial charge on any atom is -0.301 e. The summed E-state index contributed by atoms with van der Waals surface area (Å²) < 4.78 is 1.61. The molecule has 3 aromatic rings. The average Bonchev–Trinajstić information content (AvgIpc) is 3.03. The number of amides is 1. The van der Waals surface area contributed by atoms with E-state index in [1.54, 1.807) is 29.9 Å². The zero-order valence-corrected chi connectivity index (χ0v) is 13.9. The van der Waals surface area contributed by atoms with E-state index in [1.165, 1.54) is 12.1 Å². The number of hydrogen-bond donors (Lipinski definition) is 2. The molecule has 1 heterocycles. The van der Waals surface area contributed by atoms with E-state index in [-0.39, 0.29) is 18.0 Å². The third-order valence-corrected chi connectivity index (χ3v) is 3.60. The number of hydrazine groups is 1. The van der Waals surface area contributed by atoms with E-state index in [4.69, 9.17) is 0 Å². The SMILES string of the molecule is C/C(=C/n1nnc2ccccc21)NNC(=O)Cc1ccc([N+](=O)[O-])cc1. The van der Waals surface area contributed by atoms with Gasteiger partial charge in [0.05, 0.1) is 23.1 Å². The molecule has 0 bridgehead atoms. The molecule has 2 N–H and O–H groups in total. The lowest BCUT2D eigenvalue weighted by atomic mass is 10.1. The monoisotopic (exact) mass is 352 g/mol. The molecule has 0 aliphatic rings. The Morgan fingerprint density at radius 3 is 2.65 bits per heavy atom. The summed E-state index contributed by atoms with van der Waals surface area (Å²) in [5, 5.41) is 18.7. The summed E-state index contributed by atoms with van der Waals surface area (Å²) in [5.41, 5.74) is 8.34. The number of nitro benzene ring substituents is 1. The lowest BCUT2D eigenvalue weighted by Crippen LogP contribution is -2.37. The third kappa shape index (κ3) is 4.01. The van der Waals surface area contributed by atoms with Crippen molar-refractivity contribution in [1.29, 1.82) is 0 Å². The van der Waals surface area contributed by atoms with Crippen molar-refractivity contribution in [3.05, 3.63) is 69.9 Å². The Labute approximate surface area is 148 Å². The number of aromatic nitrogens is 3. The summed E-state index contributed by atoms with van der Waals surface area (Å²) in [5.74, 6) is -0.268. The number of hydrogen-bond acceptors (Lipinski definition) is 6. The van der Waals surface area contributed by atoms with Crippen LogP contribution >= 0.6 is 0 Å². The van der Waals surface area contributed by atoms with Gasteiger partial charge in [0.25, 0.3) is 5.69 Å². The van der Waals surface area contributed by atoms with Crippen LogP contribution in [0.4, 0.5) is 5.69 Å². The van der Waals surface area contributed by atoms with E-state index in [0.29, 0.717) is 11.3 Å². The van der Waals surface area contributed by atoms with Crippen LogP contribution in [0.15, 0.2) is 54.2 Å². The fraction of sp³-hybridized carbons (Fsp3) is 0.118. The number of benzene rings is 2. The van der Waals surface area contributed by atoms with Gasteiger partial charge in [0.1, 0.15) is 5.52 Å². The highest BCUT2D eigenvalue weighted by atomic mass is 16.6. The van der Waals surface area contributed by atoms with Crippen molar-refractivity contribution < 1.29 is 9.72 Å². The predicted molar refractivity (Wildman–Crippen MR) is 95.6 cm³/mol. The Morgan fingerprint density at radius 2 is 1.92 bits per heavy atom. The van der Waals surface area contributed by atoms with Crippen molar-refractivity contribution >= 4 is 28.8 Å². The van der Waals surface area contributed by atoms with Crippen molar-refractivity contribution in [2.75, 3.05) is 0 Å². The van der Waals surface area contributed by atoms with Crippen molar-refractivity contribution in [2.24, 2.45) is 0 Å². The van der Waals surface area contributed by atoms with E-state index in [9.17, 15) is 14.9 Å². The van der Waals surface area contributed by atoms with Gasteiger partial charge in [0, 0.05) is 17.8 Å². The Kier molecular flexibility index (Phi) is 4.88. The smallest absolute Gasteiger partial charge is 0.269 e. The van der Waals surface area contributed by atoms with Crippen molar-refractivity contribution in [3.63, 3.8) is 0 Å². The van der Waals surface area contributed by atoms with E-state index in [0.717, 1.165) is 11.0 Å². The number of carbonyl (C=O) groups excluding carboxylic acids is 1. The minimum atomic E-state index is -0.479. The van der Waals surface area contributed by atoms with Gasteiger partial charge in [0.2, 0.25) is 5.91 Å². The molecule has 3 rings (SSSR count). The molecule has 0 saturated heterocycles. The number of fused-ring (bicyclic) bond motifs is 1. The Morgan fingerprint density at radius 1 is 1.19 bits per heavy atom. The summed E-state index contributed by atoms with van der Waals surface area (Å²) >= 11 is 0. The molecule has 0 fully saturated rings. The lowest BCUT2D eigenvalue weighted by molar-refractivity contribution is -0.384. The van der Waals surface area contributed by atoms with Gasteiger partial charge in [-0.05, 0) is 24.6 Å². The van der Waals surface area contributed by atoms with Gasteiger partial charge in [-0.2, -0.15) is 0 Å². The molecule has 0 atom stereocenters. The lowest BCUT2D eigenvalue weighted by Gasteiger charge is -2.09. The van der Waals surface area contributed by atoms with Crippen molar-refractivity contribution in [2.45, 2.75) is 13.3 Å².